The van der Waals surface area contributed by atoms with Crippen molar-refractivity contribution < 1.29 is 27.5 Å². The zero-order valence-corrected chi connectivity index (χ0v) is 14.6. The summed E-state index contributed by atoms with van der Waals surface area (Å²) in [7, 11) is 0. The number of aliphatic imine (C=N–C) groups is 1. The van der Waals surface area contributed by atoms with Crippen molar-refractivity contribution >= 4 is 18.0 Å². The van der Waals surface area contributed by atoms with Crippen LogP contribution in [0.4, 0.5) is 13.2 Å². The number of ether oxygens (including phenoxy) is 1. The summed E-state index contributed by atoms with van der Waals surface area (Å²) in [6, 6.07) is 2.74. The number of carbonyl (C=O) groups excluding carboxylic acids is 2. The zero-order chi connectivity index (χ0) is 20.1. The van der Waals surface area contributed by atoms with E-state index in [-0.39, 0.29) is 12.4 Å². The van der Waals surface area contributed by atoms with Crippen LogP contribution < -0.4 is 20.7 Å². The third-order valence-corrected chi connectivity index (χ3v) is 3.30. The number of nitrogens with zero attached hydrogens (tertiary/aromatic N) is 2. The summed E-state index contributed by atoms with van der Waals surface area (Å²) in [5.74, 6) is -1.18. The normalized spacial score (nSPS) is 18.9. The molecule has 0 aliphatic carbocycles. The third kappa shape index (κ3) is 5.97. The number of halogens is 3. The largest absolute Gasteiger partial charge is 0.468 e. The number of amides is 2. The van der Waals surface area contributed by atoms with Crippen LogP contribution in [0.5, 0.6) is 5.88 Å². The third-order valence-electron chi connectivity index (χ3n) is 3.30. The van der Waals surface area contributed by atoms with E-state index in [9.17, 15) is 22.8 Å². The Kier molecular flexibility index (Phi) is 6.03. The Balaban J connectivity index is 1.98. The van der Waals surface area contributed by atoms with Gasteiger partial charge in [0.2, 0.25) is 17.5 Å². The van der Waals surface area contributed by atoms with E-state index in [2.05, 4.69) is 30.7 Å². The molecule has 0 bridgehead atoms. The molecule has 1 aliphatic rings. The molecule has 1 aromatic rings. The first-order chi connectivity index (χ1) is 12.6. The second-order valence-corrected chi connectivity index (χ2v) is 5.80. The minimum Gasteiger partial charge on any atom is -0.468 e. The fraction of sp³-hybridized carbons (Fsp3) is 0.375. The second-order valence-electron chi connectivity index (χ2n) is 5.80. The number of alkyl halides is 3. The second kappa shape index (κ2) is 8.06. The summed E-state index contributed by atoms with van der Waals surface area (Å²) in [6.45, 7) is 1.55. The van der Waals surface area contributed by atoms with Crippen molar-refractivity contribution in [2.24, 2.45) is 4.99 Å². The molecular weight excluding hydrogens is 367 g/mol. The van der Waals surface area contributed by atoms with Crippen LogP contribution in [0.25, 0.3) is 0 Å². The van der Waals surface area contributed by atoms with E-state index < -0.39 is 30.3 Å². The Labute approximate surface area is 152 Å². The predicted molar refractivity (Wildman–Crippen MR) is 89.6 cm³/mol. The SMILES string of the molecule is CC(=O)NC1(C(=O)NCc2ccc(OCC(F)(F)F)nc2)C=NC=C(C)N1. The highest BCUT2D eigenvalue weighted by Crippen LogP contribution is 2.17. The highest BCUT2D eigenvalue weighted by molar-refractivity contribution is 6.06. The average molecular weight is 385 g/mol. The molecule has 27 heavy (non-hydrogen) atoms. The quantitative estimate of drug-likeness (QED) is 0.678. The molecule has 1 aromatic heterocycles. The lowest BCUT2D eigenvalue weighted by molar-refractivity contribution is -0.154. The molecule has 8 nitrogen and oxygen atoms in total. The van der Waals surface area contributed by atoms with Gasteiger partial charge in [-0.25, -0.2) is 4.98 Å². The lowest BCUT2D eigenvalue weighted by atomic mass is 10.1. The van der Waals surface area contributed by atoms with Gasteiger partial charge < -0.3 is 20.7 Å². The van der Waals surface area contributed by atoms with Crippen molar-refractivity contribution in [1.29, 1.82) is 0 Å². The highest BCUT2D eigenvalue weighted by Gasteiger charge is 2.39. The molecule has 146 valence electrons. The molecule has 11 heteroatoms. The molecule has 0 radical (unpaired) electrons. The number of hydrogen-bond acceptors (Lipinski definition) is 6. The molecule has 0 aromatic carbocycles. The van der Waals surface area contributed by atoms with E-state index in [1.165, 1.54) is 37.7 Å². The van der Waals surface area contributed by atoms with Gasteiger partial charge >= 0.3 is 6.18 Å². The van der Waals surface area contributed by atoms with Crippen molar-refractivity contribution in [3.63, 3.8) is 0 Å². The van der Waals surface area contributed by atoms with E-state index in [1.54, 1.807) is 6.92 Å². The maximum absolute atomic E-state index is 12.6. The van der Waals surface area contributed by atoms with Gasteiger partial charge in [-0.1, -0.05) is 6.07 Å². The van der Waals surface area contributed by atoms with Gasteiger partial charge in [0.1, 0.15) is 0 Å². The van der Waals surface area contributed by atoms with Crippen LogP contribution in [0.2, 0.25) is 0 Å². The van der Waals surface area contributed by atoms with Gasteiger partial charge in [0.15, 0.2) is 6.61 Å². The Morgan fingerprint density at radius 2 is 2.07 bits per heavy atom. The van der Waals surface area contributed by atoms with Crippen LogP contribution in [-0.2, 0) is 16.1 Å². The molecule has 2 rings (SSSR count). The monoisotopic (exact) mass is 385 g/mol. The smallest absolute Gasteiger partial charge is 0.422 e. The van der Waals surface area contributed by atoms with Crippen molar-refractivity contribution in [1.82, 2.24) is 20.9 Å². The fourth-order valence-corrected chi connectivity index (χ4v) is 2.23. The Bertz CT molecular complexity index is 758. The first kappa shape index (κ1) is 20.2. The average Bonchev–Trinajstić information content (AvgIpc) is 2.57. The molecule has 1 atom stereocenters. The molecule has 1 unspecified atom stereocenters. The Morgan fingerprint density at radius 1 is 1.33 bits per heavy atom. The summed E-state index contributed by atoms with van der Waals surface area (Å²) in [6.07, 6.45) is -0.405. The number of allylic oxidation sites excluding steroid dienone is 1. The van der Waals surface area contributed by atoms with E-state index >= 15 is 0 Å². The van der Waals surface area contributed by atoms with Crippen LogP contribution in [0.15, 0.2) is 35.2 Å². The molecule has 3 N–H and O–H groups in total. The summed E-state index contributed by atoms with van der Waals surface area (Å²) in [5, 5.41) is 7.99. The van der Waals surface area contributed by atoms with E-state index in [1.807, 2.05) is 0 Å². The molecular formula is C16H18F3N5O3. The van der Waals surface area contributed by atoms with Gasteiger partial charge in [0.05, 0.1) is 6.21 Å². The number of hydrogen-bond donors (Lipinski definition) is 3. The van der Waals surface area contributed by atoms with Crippen LogP contribution in [0, 0.1) is 0 Å². The van der Waals surface area contributed by atoms with Crippen LogP contribution in [0.1, 0.15) is 19.4 Å². The predicted octanol–water partition coefficient (Wildman–Crippen LogP) is 1.01. The van der Waals surface area contributed by atoms with Crippen LogP contribution >= 0.6 is 0 Å². The van der Waals surface area contributed by atoms with Crippen LogP contribution in [0.3, 0.4) is 0 Å². The van der Waals surface area contributed by atoms with Crippen LogP contribution in [-0.4, -0.2) is 41.5 Å². The maximum Gasteiger partial charge on any atom is 0.422 e. The highest BCUT2D eigenvalue weighted by atomic mass is 19.4. The van der Waals surface area contributed by atoms with Crippen molar-refractivity contribution in [2.45, 2.75) is 32.2 Å². The van der Waals surface area contributed by atoms with E-state index in [0.29, 0.717) is 11.3 Å². The molecule has 0 spiro atoms. The molecule has 0 fully saturated rings. The van der Waals surface area contributed by atoms with Gasteiger partial charge in [0, 0.05) is 37.6 Å². The Hall–Kier alpha value is -3.11. The van der Waals surface area contributed by atoms with Gasteiger partial charge in [-0.3, -0.25) is 14.6 Å². The zero-order valence-electron chi connectivity index (χ0n) is 14.6. The summed E-state index contributed by atoms with van der Waals surface area (Å²) in [4.78, 5) is 31.7. The van der Waals surface area contributed by atoms with Crippen molar-refractivity contribution in [2.75, 3.05) is 6.61 Å². The van der Waals surface area contributed by atoms with Gasteiger partial charge in [-0.15, -0.1) is 0 Å². The number of aromatic nitrogens is 1. The van der Waals surface area contributed by atoms with Gasteiger partial charge in [-0.2, -0.15) is 13.2 Å². The molecule has 0 saturated heterocycles. The first-order valence-corrected chi connectivity index (χ1v) is 7.80. The lowest BCUT2D eigenvalue weighted by Gasteiger charge is -2.33. The van der Waals surface area contributed by atoms with Gasteiger partial charge in [0.25, 0.3) is 5.91 Å². The lowest BCUT2D eigenvalue weighted by Crippen LogP contribution is -2.68. The van der Waals surface area contributed by atoms with E-state index in [0.717, 1.165) is 0 Å². The first-order valence-electron chi connectivity index (χ1n) is 7.80. The molecule has 0 saturated carbocycles. The number of nitrogens with one attached hydrogen (secondary N) is 3. The number of pyridine rings is 1. The van der Waals surface area contributed by atoms with Crippen molar-refractivity contribution in [3.05, 3.63) is 35.8 Å². The summed E-state index contributed by atoms with van der Waals surface area (Å²) >= 11 is 0. The standard InChI is InChI=1S/C16H18F3N5O3/c1-10-5-20-8-15(23-10,24-11(2)25)14(26)22-7-12-3-4-13(21-6-12)27-9-16(17,18)19/h3-6,8,23H,7,9H2,1-2H3,(H,22,26)(H,24,25). The molecule has 2 heterocycles. The molecule has 2 amide bonds. The maximum atomic E-state index is 12.6. The number of rotatable bonds is 6. The van der Waals surface area contributed by atoms with Crippen molar-refractivity contribution in [3.8, 4) is 5.88 Å². The number of carbonyl (C=O) groups is 2. The Morgan fingerprint density at radius 3 is 2.63 bits per heavy atom. The summed E-state index contributed by atoms with van der Waals surface area (Å²) in [5.41, 5.74) is -0.427. The minimum atomic E-state index is -4.45. The fourth-order valence-electron chi connectivity index (χ4n) is 2.23. The minimum absolute atomic E-state index is 0.0327. The topological polar surface area (TPSA) is 105 Å². The van der Waals surface area contributed by atoms with Gasteiger partial charge in [-0.05, 0) is 12.5 Å². The summed E-state index contributed by atoms with van der Waals surface area (Å²) < 4.78 is 40.8. The van der Waals surface area contributed by atoms with E-state index in [4.69, 9.17) is 0 Å². The molecule has 1 aliphatic heterocycles.